The average molecular weight is 288 g/mol. The fourth-order valence-corrected chi connectivity index (χ4v) is 3.37. The van der Waals surface area contributed by atoms with Crippen LogP contribution in [0.15, 0.2) is 24.3 Å². The third kappa shape index (κ3) is 4.13. The van der Waals surface area contributed by atoms with E-state index >= 15 is 0 Å². The molecule has 1 aromatic rings. The van der Waals surface area contributed by atoms with Gasteiger partial charge in [0.15, 0.2) is 5.85 Å². The molecule has 2 atom stereocenters. The molecule has 0 unspecified atom stereocenters. The Bertz CT molecular complexity index is 438. The number of hydrogen-bond acceptors (Lipinski definition) is 5. The van der Waals surface area contributed by atoms with Gasteiger partial charge in [-0.15, -0.1) is 0 Å². The molecule has 0 heterocycles. The van der Waals surface area contributed by atoms with Crippen molar-refractivity contribution in [1.29, 1.82) is 0 Å². The number of rotatable bonds is 7. The van der Waals surface area contributed by atoms with Crippen LogP contribution < -0.4 is 0 Å². The predicted molar refractivity (Wildman–Crippen MR) is 73.0 cm³/mol. The molecule has 0 aliphatic heterocycles. The largest absolute Gasteiger partial charge is 0.385 e. The molecule has 0 amide bonds. The van der Waals surface area contributed by atoms with Gasteiger partial charge < -0.3 is 19.3 Å². The van der Waals surface area contributed by atoms with Crippen molar-refractivity contribution in [2.24, 2.45) is 0 Å². The number of aliphatic hydroxyl groups is 2. The normalized spacial score (nSPS) is 15.2. The molecular formula is C13H21O5P. The summed E-state index contributed by atoms with van der Waals surface area (Å²) in [5.41, 5.74) is 1.42. The Morgan fingerprint density at radius 3 is 2.26 bits per heavy atom. The molecule has 0 aromatic heterocycles. The summed E-state index contributed by atoms with van der Waals surface area (Å²) in [5.74, 6) is -1.60. The quantitative estimate of drug-likeness (QED) is 0.754. The van der Waals surface area contributed by atoms with Crippen LogP contribution in [0, 0.1) is 6.92 Å². The lowest BCUT2D eigenvalue weighted by atomic mass is 10.1. The minimum Gasteiger partial charge on any atom is -0.385 e. The number of hydrogen-bond donors (Lipinski definition) is 2. The second kappa shape index (κ2) is 7.17. The Morgan fingerprint density at radius 1 is 1.21 bits per heavy atom. The van der Waals surface area contributed by atoms with Crippen LogP contribution >= 0.6 is 7.60 Å². The molecule has 0 fully saturated rings. The zero-order chi connectivity index (χ0) is 14.5. The van der Waals surface area contributed by atoms with E-state index in [0.29, 0.717) is 5.56 Å². The van der Waals surface area contributed by atoms with Crippen molar-refractivity contribution in [2.45, 2.75) is 32.7 Å². The molecule has 0 aliphatic carbocycles. The van der Waals surface area contributed by atoms with Crippen LogP contribution in [-0.4, -0.2) is 29.3 Å². The molecule has 0 saturated heterocycles. The van der Waals surface area contributed by atoms with Gasteiger partial charge in [-0.3, -0.25) is 4.57 Å². The minimum atomic E-state index is -3.74. The highest BCUT2D eigenvalue weighted by atomic mass is 31.2. The van der Waals surface area contributed by atoms with Crippen molar-refractivity contribution in [1.82, 2.24) is 0 Å². The Hall–Kier alpha value is -0.710. The van der Waals surface area contributed by atoms with Gasteiger partial charge in [0.25, 0.3) is 0 Å². The highest BCUT2D eigenvalue weighted by Crippen LogP contribution is 2.55. The fraction of sp³-hybridized carbons (Fsp3) is 0.538. The molecular weight excluding hydrogens is 267 g/mol. The minimum absolute atomic E-state index is 0.134. The first-order valence-electron chi connectivity index (χ1n) is 6.26. The van der Waals surface area contributed by atoms with Gasteiger partial charge in [0.05, 0.1) is 13.2 Å². The van der Waals surface area contributed by atoms with E-state index in [9.17, 15) is 14.8 Å². The van der Waals surface area contributed by atoms with E-state index < -0.39 is 19.5 Å². The average Bonchev–Trinajstić information content (AvgIpc) is 2.37. The Kier molecular flexibility index (Phi) is 6.17. The van der Waals surface area contributed by atoms with Crippen LogP contribution in [0.5, 0.6) is 0 Å². The molecule has 2 N–H and O–H groups in total. The van der Waals surface area contributed by atoms with E-state index in [1.54, 1.807) is 32.0 Å². The van der Waals surface area contributed by atoms with Gasteiger partial charge in [-0.25, -0.2) is 0 Å². The topological polar surface area (TPSA) is 76.0 Å². The Morgan fingerprint density at radius 2 is 1.79 bits per heavy atom. The molecule has 0 bridgehead atoms. The molecule has 108 valence electrons. The summed E-state index contributed by atoms with van der Waals surface area (Å²) >= 11 is 0. The van der Waals surface area contributed by atoms with Crippen molar-refractivity contribution in [3.63, 3.8) is 0 Å². The first-order valence-corrected chi connectivity index (χ1v) is 7.87. The molecule has 1 aromatic carbocycles. The van der Waals surface area contributed by atoms with Crippen molar-refractivity contribution in [3.05, 3.63) is 35.4 Å². The van der Waals surface area contributed by atoms with Gasteiger partial charge in [0, 0.05) is 0 Å². The smallest absolute Gasteiger partial charge is 0.361 e. The highest BCUT2D eigenvalue weighted by molar-refractivity contribution is 7.54. The number of aryl methyl sites for hydroxylation is 1. The second-order valence-electron chi connectivity index (χ2n) is 4.15. The lowest BCUT2D eigenvalue weighted by Crippen LogP contribution is -2.21. The van der Waals surface area contributed by atoms with Crippen molar-refractivity contribution in [2.75, 3.05) is 13.2 Å². The number of benzene rings is 1. The van der Waals surface area contributed by atoms with E-state index in [2.05, 4.69) is 0 Å². The molecule has 0 aliphatic rings. The van der Waals surface area contributed by atoms with Crippen molar-refractivity contribution >= 4 is 7.60 Å². The highest BCUT2D eigenvalue weighted by Gasteiger charge is 2.39. The standard InChI is InChI=1S/C13H21O5P/c1-4-17-19(16,18-5-2)13(15)12(14)11-8-6-7-10(3)9-11/h6-9,12-15H,4-5H2,1-3H3/t12-,13-/m1/s1. The van der Waals surface area contributed by atoms with E-state index in [-0.39, 0.29) is 13.2 Å². The summed E-state index contributed by atoms with van der Waals surface area (Å²) in [6.07, 6.45) is -1.32. The van der Waals surface area contributed by atoms with Gasteiger partial charge >= 0.3 is 7.60 Å². The lowest BCUT2D eigenvalue weighted by Gasteiger charge is -2.26. The maximum Gasteiger partial charge on any atom is 0.361 e. The van der Waals surface area contributed by atoms with E-state index in [1.807, 2.05) is 13.0 Å². The molecule has 0 spiro atoms. The third-order valence-electron chi connectivity index (χ3n) is 2.61. The van der Waals surface area contributed by atoms with Gasteiger partial charge in [0.1, 0.15) is 6.10 Å². The summed E-state index contributed by atoms with van der Waals surface area (Å²) in [6.45, 7) is 5.44. The maximum atomic E-state index is 12.4. The summed E-state index contributed by atoms with van der Waals surface area (Å²) in [6, 6.07) is 7.00. The van der Waals surface area contributed by atoms with Crippen LogP contribution in [0.2, 0.25) is 0 Å². The Balaban J connectivity index is 2.96. The summed E-state index contributed by atoms with van der Waals surface area (Å²) in [5, 5.41) is 20.2. The van der Waals surface area contributed by atoms with Gasteiger partial charge in [-0.1, -0.05) is 29.8 Å². The van der Waals surface area contributed by atoms with Gasteiger partial charge in [-0.2, -0.15) is 0 Å². The zero-order valence-corrected chi connectivity index (χ0v) is 12.3. The Labute approximate surface area is 113 Å². The van der Waals surface area contributed by atoms with E-state index in [0.717, 1.165) is 5.56 Å². The molecule has 6 heteroatoms. The fourth-order valence-electron chi connectivity index (χ4n) is 1.75. The molecule has 19 heavy (non-hydrogen) atoms. The van der Waals surface area contributed by atoms with Crippen LogP contribution in [-0.2, 0) is 13.6 Å². The van der Waals surface area contributed by atoms with E-state index in [1.165, 1.54) is 0 Å². The van der Waals surface area contributed by atoms with Crippen molar-refractivity contribution in [3.8, 4) is 0 Å². The van der Waals surface area contributed by atoms with E-state index in [4.69, 9.17) is 9.05 Å². The maximum absolute atomic E-state index is 12.4. The van der Waals surface area contributed by atoms with Crippen LogP contribution in [0.4, 0.5) is 0 Å². The second-order valence-corrected chi connectivity index (χ2v) is 6.27. The molecule has 0 radical (unpaired) electrons. The van der Waals surface area contributed by atoms with Gasteiger partial charge in [-0.05, 0) is 26.3 Å². The lowest BCUT2D eigenvalue weighted by molar-refractivity contribution is 0.0400. The first kappa shape index (κ1) is 16.3. The summed E-state index contributed by atoms with van der Waals surface area (Å²) < 4.78 is 22.4. The van der Waals surface area contributed by atoms with Crippen molar-refractivity contribution < 1.29 is 23.8 Å². The zero-order valence-electron chi connectivity index (χ0n) is 11.4. The van der Waals surface area contributed by atoms with Crippen LogP contribution in [0.1, 0.15) is 31.1 Å². The third-order valence-corrected chi connectivity index (χ3v) is 4.77. The SMILES string of the molecule is CCOP(=O)(OCC)[C@@H](O)[C@H](O)c1cccc(C)c1. The summed E-state index contributed by atoms with van der Waals surface area (Å²) in [7, 11) is -3.74. The molecule has 0 saturated carbocycles. The number of aliphatic hydroxyl groups excluding tert-OH is 2. The van der Waals surface area contributed by atoms with Crippen LogP contribution in [0.3, 0.4) is 0 Å². The predicted octanol–water partition coefficient (Wildman–Crippen LogP) is 2.61. The monoisotopic (exact) mass is 288 g/mol. The summed E-state index contributed by atoms with van der Waals surface area (Å²) in [4.78, 5) is 0. The molecule has 5 nitrogen and oxygen atoms in total. The van der Waals surface area contributed by atoms with Gasteiger partial charge in [0.2, 0.25) is 0 Å². The molecule has 1 rings (SSSR count). The first-order chi connectivity index (χ1) is 8.94. The van der Waals surface area contributed by atoms with Crippen LogP contribution in [0.25, 0.3) is 0 Å².